The number of fused-ring (bicyclic) bond motifs is 1. The van der Waals surface area contributed by atoms with Crippen molar-refractivity contribution >= 4 is 51.6 Å². The summed E-state index contributed by atoms with van der Waals surface area (Å²) in [4.78, 5) is 36.7. The molecule has 0 unspecified atom stereocenters. The highest BCUT2D eigenvalue weighted by Crippen LogP contribution is 2.32. The number of ether oxygens (including phenoxy) is 1. The lowest BCUT2D eigenvalue weighted by Crippen LogP contribution is -2.31. The Kier molecular flexibility index (Phi) is 6.27. The molecule has 0 saturated heterocycles. The number of benzene rings is 2. The molecule has 4 aromatic rings. The highest BCUT2D eigenvalue weighted by Gasteiger charge is 2.31. The van der Waals surface area contributed by atoms with E-state index in [4.69, 9.17) is 15.6 Å². The molecule has 2 aromatic carbocycles. The minimum atomic E-state index is -1.11. The second kappa shape index (κ2) is 9.14. The number of esters is 1. The van der Waals surface area contributed by atoms with Crippen LogP contribution in [0.3, 0.4) is 0 Å². The van der Waals surface area contributed by atoms with E-state index < -0.39 is 23.9 Å². The van der Waals surface area contributed by atoms with E-state index in [1.165, 1.54) is 4.57 Å². The molecule has 10 heteroatoms. The number of halogens is 1. The third-order valence-electron chi connectivity index (χ3n) is 5.37. The smallest absolute Gasteiger partial charge is 0.376 e. The summed E-state index contributed by atoms with van der Waals surface area (Å²) in [5.74, 6) is -2.05. The van der Waals surface area contributed by atoms with Crippen molar-refractivity contribution < 1.29 is 19.4 Å². The van der Waals surface area contributed by atoms with Crippen LogP contribution in [-0.4, -0.2) is 43.2 Å². The largest absolute Gasteiger partial charge is 0.480 e. The average Bonchev–Trinajstić information content (AvgIpc) is 3.13. The Morgan fingerprint density at radius 3 is 2.15 bits per heavy atom. The van der Waals surface area contributed by atoms with Gasteiger partial charge in [0.05, 0.1) is 5.41 Å². The van der Waals surface area contributed by atoms with Crippen molar-refractivity contribution in [1.29, 1.82) is 0 Å². The maximum absolute atomic E-state index is 13.0. The third kappa shape index (κ3) is 4.51. The van der Waals surface area contributed by atoms with Gasteiger partial charge >= 0.3 is 11.9 Å². The number of carboxylic acids is 1. The van der Waals surface area contributed by atoms with E-state index in [1.807, 2.05) is 90.2 Å². The number of nitrogens with zero attached hydrogens (tertiary/aromatic N) is 4. The van der Waals surface area contributed by atoms with Crippen LogP contribution in [0.25, 0.3) is 11.2 Å². The zero-order valence-electron chi connectivity index (χ0n) is 17.6. The molecule has 33 heavy (non-hydrogen) atoms. The van der Waals surface area contributed by atoms with Gasteiger partial charge < -0.3 is 15.6 Å². The molecular weight excluding hydrogens is 537 g/mol. The van der Waals surface area contributed by atoms with Gasteiger partial charge in [-0.3, -0.25) is 9.36 Å². The Hall–Kier alpha value is -3.54. The monoisotopic (exact) mass is 557 g/mol. The predicted octanol–water partition coefficient (Wildman–Crippen LogP) is 3.26. The number of imidazole rings is 1. The molecule has 3 N–H and O–H groups in total. The predicted molar refractivity (Wildman–Crippen MR) is 130 cm³/mol. The van der Waals surface area contributed by atoms with Crippen molar-refractivity contribution in [3.63, 3.8) is 0 Å². The van der Waals surface area contributed by atoms with E-state index in [-0.39, 0.29) is 24.0 Å². The van der Waals surface area contributed by atoms with E-state index in [2.05, 4.69) is 15.0 Å². The number of aliphatic carboxylic acids is 1. The molecule has 0 saturated carbocycles. The van der Waals surface area contributed by atoms with Gasteiger partial charge in [0.2, 0.25) is 11.8 Å². The number of hydrogen-bond acceptors (Lipinski definition) is 7. The highest BCUT2D eigenvalue weighted by atomic mass is 127. The van der Waals surface area contributed by atoms with Crippen LogP contribution in [0.1, 0.15) is 28.7 Å². The van der Waals surface area contributed by atoms with E-state index in [0.717, 1.165) is 11.1 Å². The summed E-state index contributed by atoms with van der Waals surface area (Å²) in [5.41, 5.74) is 7.70. The summed E-state index contributed by atoms with van der Waals surface area (Å²) in [6, 6.07) is 19.5. The second-order valence-electron chi connectivity index (χ2n) is 7.60. The number of carboxylic acid groups (broad SMARTS) is 1. The first-order valence-corrected chi connectivity index (χ1v) is 11.1. The zero-order chi connectivity index (χ0) is 23.6. The molecule has 2 aromatic heterocycles. The van der Waals surface area contributed by atoms with Crippen molar-refractivity contribution in [3.8, 4) is 0 Å². The van der Waals surface area contributed by atoms with Gasteiger partial charge in [0, 0.05) is 0 Å². The van der Waals surface area contributed by atoms with Crippen LogP contribution < -0.4 is 5.73 Å². The van der Waals surface area contributed by atoms with Crippen molar-refractivity contribution in [1.82, 2.24) is 19.5 Å². The first-order chi connectivity index (χ1) is 15.8. The van der Waals surface area contributed by atoms with Crippen LogP contribution >= 0.6 is 22.6 Å². The summed E-state index contributed by atoms with van der Waals surface area (Å²) < 4.78 is 7.28. The zero-order valence-corrected chi connectivity index (χ0v) is 19.8. The Bertz CT molecular complexity index is 1290. The first kappa shape index (κ1) is 22.6. The number of rotatable bonds is 7. The van der Waals surface area contributed by atoms with Crippen molar-refractivity contribution in [2.45, 2.75) is 18.9 Å². The Morgan fingerprint density at radius 2 is 1.61 bits per heavy atom. The van der Waals surface area contributed by atoms with Gasteiger partial charge in [0.25, 0.3) is 0 Å². The minimum absolute atomic E-state index is 0.0223. The molecule has 168 valence electrons. The van der Waals surface area contributed by atoms with Gasteiger partial charge in [-0.2, -0.15) is 0 Å². The number of carbonyl (C=O) groups is 2. The molecule has 0 aliphatic carbocycles. The van der Waals surface area contributed by atoms with Crippen molar-refractivity contribution in [2.24, 2.45) is 0 Å². The van der Waals surface area contributed by atoms with E-state index in [0.29, 0.717) is 9.22 Å². The molecule has 0 atom stereocenters. The quantitative estimate of drug-likeness (QED) is 0.201. The Morgan fingerprint density at radius 1 is 1.03 bits per heavy atom. The summed E-state index contributed by atoms with van der Waals surface area (Å²) in [5, 5.41) is 9.17. The molecule has 2 heterocycles. The topological polar surface area (TPSA) is 133 Å². The Balaban J connectivity index is 1.66. The maximum atomic E-state index is 13.0. The van der Waals surface area contributed by atoms with Gasteiger partial charge in [-0.15, -0.1) is 0 Å². The fourth-order valence-corrected chi connectivity index (χ4v) is 4.18. The van der Waals surface area contributed by atoms with Gasteiger partial charge in [-0.1, -0.05) is 60.7 Å². The van der Waals surface area contributed by atoms with E-state index >= 15 is 0 Å². The van der Waals surface area contributed by atoms with Crippen LogP contribution in [0.15, 0.2) is 60.7 Å². The van der Waals surface area contributed by atoms with Gasteiger partial charge in [0.15, 0.2) is 5.65 Å². The van der Waals surface area contributed by atoms with Crippen LogP contribution in [0, 0.1) is 3.70 Å². The van der Waals surface area contributed by atoms with Crippen molar-refractivity contribution in [2.75, 3.05) is 12.3 Å². The lowest BCUT2D eigenvalue weighted by Gasteiger charge is -2.30. The summed E-state index contributed by atoms with van der Waals surface area (Å²) >= 11 is 1.91. The highest BCUT2D eigenvalue weighted by molar-refractivity contribution is 14.1. The van der Waals surface area contributed by atoms with Crippen LogP contribution in [-0.2, 0) is 21.5 Å². The molecule has 0 bridgehead atoms. The first-order valence-electron chi connectivity index (χ1n) is 9.99. The molecular formula is C23H20IN5O4. The maximum Gasteiger partial charge on any atom is 0.376 e. The summed E-state index contributed by atoms with van der Waals surface area (Å²) in [7, 11) is 0. The fraction of sp³-hybridized carbons (Fsp3) is 0.174. The van der Waals surface area contributed by atoms with Crippen LogP contribution in [0.4, 0.5) is 5.95 Å². The number of hydrogen-bond donors (Lipinski definition) is 2. The lowest BCUT2D eigenvalue weighted by molar-refractivity contribution is -0.137. The van der Waals surface area contributed by atoms with Gasteiger partial charge in [0.1, 0.15) is 22.4 Å². The molecule has 0 aliphatic rings. The van der Waals surface area contributed by atoms with Crippen molar-refractivity contribution in [3.05, 3.63) is 81.3 Å². The molecule has 0 aliphatic heterocycles. The standard InChI is InChI=1S/C23H20IN5O4/c1-23(14-8-4-2-5-9-14,15-10-6-3-7-11-15)13-33-21(32)19-27-18(24)17-20(28-19)29(12-16(30)31)22(25)26-17/h2-11H,12-13H2,1H3,(H2,25,26)(H,30,31). The fourth-order valence-electron chi connectivity index (χ4n) is 3.59. The summed E-state index contributed by atoms with van der Waals surface area (Å²) in [6.07, 6.45) is 0. The number of nitrogens with two attached hydrogens (primary N) is 1. The number of anilines is 1. The molecule has 0 radical (unpaired) electrons. The lowest BCUT2D eigenvalue weighted by atomic mass is 9.77. The van der Waals surface area contributed by atoms with Gasteiger partial charge in [-0.25, -0.2) is 19.7 Å². The van der Waals surface area contributed by atoms with Crippen LogP contribution in [0.2, 0.25) is 0 Å². The second-order valence-corrected chi connectivity index (χ2v) is 8.62. The molecule has 4 rings (SSSR count). The SMILES string of the molecule is CC(COC(=O)c1nc(I)c2nc(N)n(CC(=O)O)c2n1)(c1ccccc1)c1ccccc1. The number of nitrogen functional groups attached to an aromatic ring is 1. The normalized spacial score (nSPS) is 11.5. The molecule has 0 amide bonds. The number of carbonyl (C=O) groups excluding carboxylic acids is 1. The molecule has 0 fully saturated rings. The Labute approximate surface area is 202 Å². The third-order valence-corrected chi connectivity index (χ3v) is 6.12. The van der Waals surface area contributed by atoms with Crippen LogP contribution in [0.5, 0.6) is 0 Å². The summed E-state index contributed by atoms with van der Waals surface area (Å²) in [6.45, 7) is 1.61. The minimum Gasteiger partial charge on any atom is -0.480 e. The van der Waals surface area contributed by atoms with Gasteiger partial charge in [-0.05, 0) is 40.6 Å². The van der Waals surface area contributed by atoms with E-state index in [1.54, 1.807) is 0 Å². The molecule has 9 nitrogen and oxygen atoms in total. The van der Waals surface area contributed by atoms with E-state index in [9.17, 15) is 9.59 Å². The average molecular weight is 557 g/mol. The number of aromatic nitrogens is 4. The molecule has 0 spiro atoms.